The second-order valence-corrected chi connectivity index (χ2v) is 5.31. The summed E-state index contributed by atoms with van der Waals surface area (Å²) in [5, 5.41) is 12.4. The van der Waals surface area contributed by atoms with E-state index in [2.05, 4.69) is 29.4 Å². The molecule has 0 radical (unpaired) electrons. The molecule has 1 aliphatic heterocycles. The van der Waals surface area contributed by atoms with Crippen molar-refractivity contribution >= 4 is 11.5 Å². The lowest BCUT2D eigenvalue weighted by atomic mass is 10.1. The number of fused-ring (bicyclic) bond motifs is 1. The zero-order chi connectivity index (χ0) is 14.7. The minimum atomic E-state index is 0.658. The molecule has 0 saturated heterocycles. The second kappa shape index (κ2) is 5.84. The molecule has 2 heterocycles. The van der Waals surface area contributed by atoms with Gasteiger partial charge in [0.2, 0.25) is 0 Å². The number of nitrogens with zero attached hydrogens (tertiary/aromatic N) is 3. The van der Waals surface area contributed by atoms with Gasteiger partial charge in [0, 0.05) is 25.7 Å². The Morgan fingerprint density at radius 2 is 2.14 bits per heavy atom. The van der Waals surface area contributed by atoms with E-state index in [1.54, 1.807) is 0 Å². The quantitative estimate of drug-likeness (QED) is 0.870. The van der Waals surface area contributed by atoms with Crippen molar-refractivity contribution < 1.29 is 0 Å². The van der Waals surface area contributed by atoms with E-state index in [4.69, 9.17) is 10.2 Å². The molecule has 0 aliphatic carbocycles. The average Bonchev–Trinajstić information content (AvgIpc) is 2.52. The summed E-state index contributed by atoms with van der Waals surface area (Å²) >= 11 is 0. The van der Waals surface area contributed by atoms with Crippen LogP contribution in [0.2, 0.25) is 0 Å². The second-order valence-electron chi connectivity index (χ2n) is 5.31. The third-order valence-corrected chi connectivity index (χ3v) is 3.79. The van der Waals surface area contributed by atoms with Gasteiger partial charge >= 0.3 is 0 Å². The summed E-state index contributed by atoms with van der Waals surface area (Å²) in [6, 6.07) is 13.9. The number of hydrogen-bond donors (Lipinski definition) is 1. The van der Waals surface area contributed by atoms with Gasteiger partial charge in [0.25, 0.3) is 0 Å². The molecule has 0 fully saturated rings. The standard InChI is InChI=1S/C17H18N4/c1-21-10-3-2-9-19-17-16(21)8-7-15(20-17)14-6-4-5-13(11-14)12-18/h4-8,11H,2-3,9-10H2,1H3,(H,19,20). The molecule has 1 aliphatic rings. The monoisotopic (exact) mass is 278 g/mol. The van der Waals surface area contributed by atoms with E-state index in [0.29, 0.717) is 5.56 Å². The molecule has 4 nitrogen and oxygen atoms in total. The number of anilines is 2. The summed E-state index contributed by atoms with van der Waals surface area (Å²) in [6.45, 7) is 2.01. The molecule has 0 amide bonds. The van der Waals surface area contributed by atoms with Crippen LogP contribution in [0.1, 0.15) is 18.4 Å². The first-order valence-electron chi connectivity index (χ1n) is 7.24. The zero-order valence-corrected chi connectivity index (χ0v) is 12.1. The van der Waals surface area contributed by atoms with E-state index in [1.807, 2.05) is 30.3 Å². The highest BCUT2D eigenvalue weighted by Crippen LogP contribution is 2.29. The minimum Gasteiger partial charge on any atom is -0.372 e. The van der Waals surface area contributed by atoms with E-state index in [-0.39, 0.29) is 0 Å². The molecule has 1 N–H and O–H groups in total. The predicted molar refractivity (Wildman–Crippen MR) is 85.4 cm³/mol. The molecule has 0 bridgehead atoms. The molecule has 1 aromatic carbocycles. The van der Waals surface area contributed by atoms with Gasteiger partial charge < -0.3 is 10.2 Å². The lowest BCUT2D eigenvalue weighted by Gasteiger charge is -2.25. The van der Waals surface area contributed by atoms with Crippen LogP contribution >= 0.6 is 0 Å². The Hall–Kier alpha value is -2.54. The summed E-state index contributed by atoms with van der Waals surface area (Å²) in [7, 11) is 2.10. The van der Waals surface area contributed by atoms with Crippen LogP contribution < -0.4 is 10.2 Å². The van der Waals surface area contributed by atoms with E-state index < -0.39 is 0 Å². The van der Waals surface area contributed by atoms with E-state index in [1.165, 1.54) is 6.42 Å². The number of nitriles is 1. The van der Waals surface area contributed by atoms with Gasteiger partial charge in [0.15, 0.2) is 0 Å². The van der Waals surface area contributed by atoms with Crippen LogP contribution in [0.15, 0.2) is 36.4 Å². The Balaban J connectivity index is 2.01. The number of nitrogens with one attached hydrogen (secondary N) is 1. The van der Waals surface area contributed by atoms with Crippen LogP contribution in [-0.4, -0.2) is 25.1 Å². The van der Waals surface area contributed by atoms with Crippen molar-refractivity contribution in [2.24, 2.45) is 0 Å². The summed E-state index contributed by atoms with van der Waals surface area (Å²) in [5.41, 5.74) is 3.66. The molecule has 21 heavy (non-hydrogen) atoms. The van der Waals surface area contributed by atoms with Crippen LogP contribution in [0.5, 0.6) is 0 Å². The molecule has 0 spiro atoms. The first kappa shape index (κ1) is 13.4. The van der Waals surface area contributed by atoms with Gasteiger partial charge in [-0.25, -0.2) is 4.98 Å². The Labute approximate surface area is 125 Å². The smallest absolute Gasteiger partial charge is 0.150 e. The summed E-state index contributed by atoms with van der Waals surface area (Å²) < 4.78 is 0. The highest BCUT2D eigenvalue weighted by Gasteiger charge is 2.13. The Bertz CT molecular complexity index is 687. The molecule has 2 aromatic rings. The number of rotatable bonds is 1. The van der Waals surface area contributed by atoms with Gasteiger partial charge in [-0.2, -0.15) is 5.26 Å². The van der Waals surface area contributed by atoms with E-state index in [9.17, 15) is 0 Å². The molecular weight excluding hydrogens is 260 g/mol. The largest absolute Gasteiger partial charge is 0.372 e. The number of pyridine rings is 1. The van der Waals surface area contributed by atoms with Gasteiger partial charge in [-0.1, -0.05) is 12.1 Å². The lowest BCUT2D eigenvalue weighted by molar-refractivity contribution is 0.728. The lowest BCUT2D eigenvalue weighted by Crippen LogP contribution is -2.24. The van der Waals surface area contributed by atoms with Crippen LogP contribution in [-0.2, 0) is 0 Å². The highest BCUT2D eigenvalue weighted by atomic mass is 15.1. The molecule has 3 rings (SSSR count). The number of aromatic nitrogens is 1. The molecule has 0 atom stereocenters. The Morgan fingerprint density at radius 1 is 1.24 bits per heavy atom. The fourth-order valence-corrected chi connectivity index (χ4v) is 2.60. The fourth-order valence-electron chi connectivity index (χ4n) is 2.60. The van der Waals surface area contributed by atoms with Crippen molar-refractivity contribution in [1.82, 2.24) is 4.98 Å². The third kappa shape index (κ3) is 2.82. The molecule has 0 unspecified atom stereocenters. The van der Waals surface area contributed by atoms with Crippen molar-refractivity contribution in [2.75, 3.05) is 30.4 Å². The van der Waals surface area contributed by atoms with E-state index in [0.717, 1.165) is 42.3 Å². The maximum Gasteiger partial charge on any atom is 0.150 e. The average molecular weight is 278 g/mol. The topological polar surface area (TPSA) is 52.0 Å². The van der Waals surface area contributed by atoms with Gasteiger partial charge in [0.05, 0.1) is 23.0 Å². The van der Waals surface area contributed by atoms with Crippen molar-refractivity contribution in [1.29, 1.82) is 5.26 Å². The maximum absolute atomic E-state index is 9.01. The maximum atomic E-state index is 9.01. The van der Waals surface area contributed by atoms with Crippen molar-refractivity contribution in [3.8, 4) is 17.3 Å². The van der Waals surface area contributed by atoms with Crippen molar-refractivity contribution in [3.63, 3.8) is 0 Å². The Morgan fingerprint density at radius 3 is 3.00 bits per heavy atom. The van der Waals surface area contributed by atoms with Crippen molar-refractivity contribution in [3.05, 3.63) is 42.0 Å². The highest BCUT2D eigenvalue weighted by molar-refractivity contribution is 5.72. The normalized spacial score (nSPS) is 14.4. The van der Waals surface area contributed by atoms with Gasteiger partial charge in [0.1, 0.15) is 5.82 Å². The van der Waals surface area contributed by atoms with Crippen molar-refractivity contribution in [2.45, 2.75) is 12.8 Å². The Kier molecular flexibility index (Phi) is 3.74. The molecule has 1 aromatic heterocycles. The first-order valence-corrected chi connectivity index (χ1v) is 7.24. The van der Waals surface area contributed by atoms with E-state index >= 15 is 0 Å². The number of benzene rings is 1. The SMILES string of the molecule is CN1CCCCNc2nc(-c3cccc(C#N)c3)ccc21. The summed E-state index contributed by atoms with van der Waals surface area (Å²) in [5.74, 6) is 0.928. The van der Waals surface area contributed by atoms with Crippen LogP contribution in [0, 0.1) is 11.3 Å². The van der Waals surface area contributed by atoms with Gasteiger partial charge in [-0.05, 0) is 37.1 Å². The summed E-state index contributed by atoms with van der Waals surface area (Å²) in [4.78, 5) is 6.99. The minimum absolute atomic E-state index is 0.658. The zero-order valence-electron chi connectivity index (χ0n) is 12.1. The molecule has 0 saturated carbocycles. The molecule has 4 heteroatoms. The molecular formula is C17H18N4. The molecule has 106 valence electrons. The van der Waals surface area contributed by atoms with Crippen LogP contribution in [0.4, 0.5) is 11.5 Å². The van der Waals surface area contributed by atoms with Crippen LogP contribution in [0.3, 0.4) is 0 Å². The van der Waals surface area contributed by atoms with Gasteiger partial charge in [-0.3, -0.25) is 0 Å². The summed E-state index contributed by atoms with van der Waals surface area (Å²) in [6.07, 6.45) is 2.34. The third-order valence-electron chi connectivity index (χ3n) is 3.79. The van der Waals surface area contributed by atoms with Gasteiger partial charge in [-0.15, -0.1) is 0 Å². The number of hydrogen-bond acceptors (Lipinski definition) is 4. The van der Waals surface area contributed by atoms with Crippen LogP contribution in [0.25, 0.3) is 11.3 Å². The first-order chi connectivity index (χ1) is 10.3. The fraction of sp³-hybridized carbons (Fsp3) is 0.294. The predicted octanol–water partition coefficient (Wildman–Crippen LogP) is 3.26.